The zero-order valence-corrected chi connectivity index (χ0v) is 28.9. The van der Waals surface area contributed by atoms with Gasteiger partial charge in [-0.25, -0.2) is 14.8 Å². The van der Waals surface area contributed by atoms with Gasteiger partial charge < -0.3 is 14.2 Å². The van der Waals surface area contributed by atoms with Gasteiger partial charge in [0.25, 0.3) is 0 Å². The van der Waals surface area contributed by atoms with Gasteiger partial charge in [-0.15, -0.1) is 22.7 Å². The smallest absolute Gasteiger partial charge is 0.357 e. The SMILES string of the molecule is CCCCCCCCc1ccc(OCC(=O)c2nc(C(=O)OC)cs2)cc1.O=C(COc1ccc(-c2ccccc2)cc1)c1nccs1. The summed E-state index contributed by atoms with van der Waals surface area (Å²) in [6, 6.07) is 25.7. The Balaban J connectivity index is 0.000000223. The van der Waals surface area contributed by atoms with Crippen molar-refractivity contribution < 1.29 is 28.6 Å². The second kappa shape index (κ2) is 19.9. The van der Waals surface area contributed by atoms with Gasteiger partial charge in [0.15, 0.2) is 28.9 Å². The molecule has 2 aromatic heterocycles. The third kappa shape index (κ3) is 11.8. The van der Waals surface area contributed by atoms with Crippen LogP contribution in [0.3, 0.4) is 0 Å². The Kier molecular flexibility index (Phi) is 15.0. The zero-order valence-electron chi connectivity index (χ0n) is 27.3. The van der Waals surface area contributed by atoms with Gasteiger partial charge in [0.05, 0.1) is 7.11 Å². The summed E-state index contributed by atoms with van der Waals surface area (Å²) in [6.07, 6.45) is 10.4. The van der Waals surface area contributed by atoms with E-state index in [0.29, 0.717) is 16.5 Å². The van der Waals surface area contributed by atoms with Crippen LogP contribution in [-0.4, -0.2) is 47.8 Å². The fraction of sp³-hybridized carbons (Fsp3) is 0.289. The van der Waals surface area contributed by atoms with Gasteiger partial charge >= 0.3 is 5.97 Å². The number of ketones is 2. The summed E-state index contributed by atoms with van der Waals surface area (Å²) < 4.78 is 15.6. The normalized spacial score (nSPS) is 10.5. The van der Waals surface area contributed by atoms with E-state index in [4.69, 9.17) is 9.47 Å². The molecule has 0 N–H and O–H groups in total. The first kappa shape index (κ1) is 36.2. The third-order valence-electron chi connectivity index (χ3n) is 7.25. The number of methoxy groups -OCH3 is 1. The van der Waals surface area contributed by atoms with Crippen molar-refractivity contribution in [2.45, 2.75) is 51.9 Å². The molecule has 250 valence electrons. The molecule has 0 radical (unpaired) electrons. The largest absolute Gasteiger partial charge is 0.485 e. The zero-order chi connectivity index (χ0) is 34.0. The van der Waals surface area contributed by atoms with Gasteiger partial charge in [0.1, 0.15) is 11.5 Å². The number of carbonyl (C=O) groups excluding carboxylic acids is 3. The minimum atomic E-state index is -0.549. The molecule has 0 saturated carbocycles. The van der Waals surface area contributed by atoms with Crippen molar-refractivity contribution in [2.75, 3.05) is 20.3 Å². The van der Waals surface area contributed by atoms with E-state index < -0.39 is 5.97 Å². The van der Waals surface area contributed by atoms with Gasteiger partial charge in [-0.1, -0.05) is 93.6 Å². The maximum atomic E-state index is 12.1. The maximum Gasteiger partial charge on any atom is 0.357 e. The van der Waals surface area contributed by atoms with Crippen molar-refractivity contribution in [1.82, 2.24) is 9.97 Å². The highest BCUT2D eigenvalue weighted by Gasteiger charge is 2.16. The highest BCUT2D eigenvalue weighted by Crippen LogP contribution is 2.22. The molecule has 0 spiro atoms. The Morgan fingerprint density at radius 3 is 1.92 bits per heavy atom. The number of thiazole rings is 2. The molecule has 0 fully saturated rings. The van der Waals surface area contributed by atoms with Gasteiger partial charge in [0, 0.05) is 17.0 Å². The Morgan fingerprint density at radius 1 is 0.688 bits per heavy atom. The molecule has 48 heavy (non-hydrogen) atoms. The van der Waals surface area contributed by atoms with Crippen molar-refractivity contribution in [3.8, 4) is 22.6 Å². The number of unbranched alkanes of at least 4 members (excludes halogenated alkanes) is 5. The quantitative estimate of drug-likeness (QED) is 0.0543. The predicted octanol–water partition coefficient (Wildman–Crippen LogP) is 9.17. The van der Waals surface area contributed by atoms with E-state index in [2.05, 4.69) is 33.8 Å². The molecule has 0 atom stereocenters. The lowest BCUT2D eigenvalue weighted by molar-refractivity contribution is 0.0594. The Morgan fingerprint density at radius 2 is 1.29 bits per heavy atom. The number of Topliss-reactive ketones (excluding diaryl/α,β-unsaturated/α-hetero) is 2. The van der Waals surface area contributed by atoms with Crippen molar-refractivity contribution in [2.24, 2.45) is 0 Å². The summed E-state index contributed by atoms with van der Waals surface area (Å²) in [5, 5.41) is 4.02. The fourth-order valence-electron chi connectivity index (χ4n) is 4.62. The second-order valence-electron chi connectivity index (χ2n) is 10.8. The minimum absolute atomic E-state index is 0.0121. The number of aromatic nitrogens is 2. The summed E-state index contributed by atoms with van der Waals surface area (Å²) >= 11 is 2.44. The lowest BCUT2D eigenvalue weighted by atomic mass is 10.0. The molecule has 8 nitrogen and oxygen atoms in total. The van der Waals surface area contributed by atoms with Crippen LogP contribution in [-0.2, 0) is 11.2 Å². The molecule has 0 aliphatic rings. The number of carbonyl (C=O) groups is 3. The van der Waals surface area contributed by atoms with Crippen LogP contribution in [0.4, 0.5) is 0 Å². The van der Waals surface area contributed by atoms with Gasteiger partial charge in [-0.05, 0) is 53.8 Å². The molecular weight excluding hydrogens is 645 g/mol. The van der Waals surface area contributed by atoms with E-state index in [-0.39, 0.29) is 35.5 Å². The van der Waals surface area contributed by atoms with Crippen LogP contribution in [0.1, 0.15) is 81.1 Å². The van der Waals surface area contributed by atoms with E-state index in [1.165, 1.54) is 67.9 Å². The Labute approximate surface area is 289 Å². The molecule has 0 saturated heterocycles. The average molecular weight is 685 g/mol. The molecule has 2 heterocycles. The van der Waals surface area contributed by atoms with Crippen LogP contribution < -0.4 is 9.47 Å². The standard InChI is InChI=1S/C21H27NO4S.C17H13NO2S/c1-3-4-5-6-7-8-9-16-10-12-17(13-11-16)26-14-19(23)20-22-18(15-27-20)21(24)25-2;19-16(17-18-10-11-21-17)12-20-15-8-6-14(7-9-15)13-4-2-1-3-5-13/h10-13,15H,3-9,14H2,1-2H3;1-11H,12H2. The van der Waals surface area contributed by atoms with E-state index in [0.717, 1.165) is 28.9 Å². The topological polar surface area (TPSA) is 105 Å². The molecule has 5 aromatic rings. The molecule has 0 aliphatic heterocycles. The summed E-state index contributed by atoms with van der Waals surface area (Å²) in [4.78, 5) is 43.3. The van der Waals surface area contributed by atoms with E-state index >= 15 is 0 Å². The molecule has 10 heteroatoms. The maximum absolute atomic E-state index is 12.1. The molecular formula is C38H40N2O6S2. The number of nitrogens with zero attached hydrogens (tertiary/aromatic N) is 2. The van der Waals surface area contributed by atoms with Crippen LogP contribution in [0.15, 0.2) is 95.8 Å². The summed E-state index contributed by atoms with van der Waals surface area (Å²) in [5.74, 6) is 0.426. The number of benzene rings is 3. The van der Waals surface area contributed by atoms with Crippen LogP contribution in [0.2, 0.25) is 0 Å². The predicted molar refractivity (Wildman–Crippen MR) is 191 cm³/mol. The highest BCUT2D eigenvalue weighted by atomic mass is 32.1. The first-order chi connectivity index (χ1) is 23.5. The minimum Gasteiger partial charge on any atom is -0.485 e. The first-order valence-corrected chi connectivity index (χ1v) is 17.7. The van der Waals surface area contributed by atoms with E-state index in [1.807, 2.05) is 66.7 Å². The fourth-order valence-corrected chi connectivity index (χ4v) is 5.89. The Bertz CT molecular complexity index is 1690. The number of hydrogen-bond acceptors (Lipinski definition) is 10. The number of rotatable bonds is 17. The highest BCUT2D eigenvalue weighted by molar-refractivity contribution is 7.12. The van der Waals surface area contributed by atoms with Crippen molar-refractivity contribution in [1.29, 1.82) is 0 Å². The first-order valence-electron chi connectivity index (χ1n) is 16.0. The number of ether oxygens (including phenoxy) is 3. The van der Waals surface area contributed by atoms with Crippen LogP contribution in [0, 0.1) is 0 Å². The molecule has 0 aliphatic carbocycles. The summed E-state index contributed by atoms with van der Waals surface area (Å²) in [5.41, 5.74) is 3.70. The van der Waals surface area contributed by atoms with Crippen LogP contribution >= 0.6 is 22.7 Å². The lowest BCUT2D eigenvalue weighted by Crippen LogP contribution is -2.12. The van der Waals surface area contributed by atoms with Crippen molar-refractivity contribution >= 4 is 40.2 Å². The second-order valence-corrected chi connectivity index (χ2v) is 12.6. The van der Waals surface area contributed by atoms with Gasteiger partial charge in [-0.3, -0.25) is 9.59 Å². The lowest BCUT2D eigenvalue weighted by Gasteiger charge is -2.06. The average Bonchev–Trinajstić information content (AvgIpc) is 3.86. The monoisotopic (exact) mass is 684 g/mol. The van der Waals surface area contributed by atoms with Crippen molar-refractivity contribution in [3.63, 3.8) is 0 Å². The number of aryl methyl sites for hydroxylation is 1. The summed E-state index contributed by atoms with van der Waals surface area (Å²) in [6.45, 7) is 2.14. The van der Waals surface area contributed by atoms with Crippen LogP contribution in [0.5, 0.6) is 11.5 Å². The van der Waals surface area contributed by atoms with Gasteiger partial charge in [0.2, 0.25) is 11.6 Å². The summed E-state index contributed by atoms with van der Waals surface area (Å²) in [7, 11) is 1.28. The number of esters is 1. The van der Waals surface area contributed by atoms with E-state index in [9.17, 15) is 14.4 Å². The third-order valence-corrected chi connectivity index (χ3v) is 8.95. The Hall–Kier alpha value is -4.67. The molecule has 5 rings (SSSR count). The van der Waals surface area contributed by atoms with Gasteiger partial charge in [-0.2, -0.15) is 0 Å². The van der Waals surface area contributed by atoms with E-state index in [1.54, 1.807) is 11.6 Å². The molecule has 0 amide bonds. The molecule has 0 unspecified atom stereocenters. The molecule has 0 bridgehead atoms. The molecule has 3 aromatic carbocycles. The van der Waals surface area contributed by atoms with Crippen molar-refractivity contribution in [3.05, 3.63) is 117 Å². The number of hydrogen-bond donors (Lipinski definition) is 0. The van der Waals surface area contributed by atoms with Crippen LogP contribution in [0.25, 0.3) is 11.1 Å².